The van der Waals surface area contributed by atoms with E-state index in [2.05, 4.69) is 31.0 Å². The molecule has 60 heavy (non-hydrogen) atoms. The number of fused-ring (bicyclic) bond motifs is 2. The summed E-state index contributed by atoms with van der Waals surface area (Å²) in [5.74, 6) is -0.160. The van der Waals surface area contributed by atoms with Crippen LogP contribution in [0.1, 0.15) is 5.56 Å². The Morgan fingerprint density at radius 3 is 1.55 bits per heavy atom. The minimum Gasteiger partial charge on any atom is -0.744 e. The summed E-state index contributed by atoms with van der Waals surface area (Å²) in [5.41, 5.74) is 4.51. The fourth-order valence-electron chi connectivity index (χ4n) is 5.30. The number of carbonyl (C=O) groups excluding carboxylic acids is 1. The molecule has 1 aliphatic rings. The predicted molar refractivity (Wildman–Crippen MR) is 194 cm³/mol. The van der Waals surface area contributed by atoms with Gasteiger partial charge in [0, 0.05) is 21.5 Å². The van der Waals surface area contributed by atoms with Crippen LogP contribution in [-0.4, -0.2) is 63.4 Å². The van der Waals surface area contributed by atoms with Gasteiger partial charge in [0.1, 0.15) is 40.5 Å². The minimum atomic E-state index is -5.60. The first-order valence-corrected chi connectivity index (χ1v) is 20.9. The average Bonchev–Trinajstić information content (AvgIpc) is 3.11. The number of allylic oxidation sites excluding steroid dienone is 4. The number of hydrogen-bond donors (Lipinski definition) is 1. The molecule has 5 aromatic rings. The van der Waals surface area contributed by atoms with E-state index in [0.29, 0.717) is 34.8 Å². The number of nitrogens with one attached hydrogen (secondary N) is 1. The Balaban J connectivity index is 0.00000310. The Labute approximate surface area is 431 Å². The molecule has 0 spiro atoms. The molecule has 0 saturated heterocycles. The molecule has 6 rings (SSSR count). The number of aryl methyl sites for hydroxylation is 1. The summed E-state index contributed by atoms with van der Waals surface area (Å²) in [6.45, 7) is 1.75. The molecule has 288 valence electrons. The van der Waals surface area contributed by atoms with Gasteiger partial charge in [0.05, 0.1) is 53.7 Å². The van der Waals surface area contributed by atoms with Gasteiger partial charge >= 0.3 is 118 Å². The topological polar surface area (TPSA) is 320 Å². The fourth-order valence-corrected chi connectivity index (χ4v) is 7.81. The van der Waals surface area contributed by atoms with E-state index in [1.54, 1.807) is 37.3 Å². The van der Waals surface area contributed by atoms with E-state index in [0.717, 1.165) is 18.2 Å². The van der Waals surface area contributed by atoms with Gasteiger partial charge in [-0.3, -0.25) is 10.2 Å². The second kappa shape index (κ2) is 21.2. The maximum absolute atomic E-state index is 12.2. The third kappa shape index (κ3) is 13.1. The molecule has 0 heterocycles. The van der Waals surface area contributed by atoms with Gasteiger partial charge in [-0.1, -0.05) is 6.07 Å². The van der Waals surface area contributed by atoms with E-state index in [-0.39, 0.29) is 152 Å². The predicted octanol–water partition coefficient (Wildman–Crippen LogP) is -6.77. The van der Waals surface area contributed by atoms with Crippen molar-refractivity contribution in [1.29, 1.82) is 0 Å². The van der Waals surface area contributed by atoms with Gasteiger partial charge < -0.3 is 18.2 Å². The summed E-state index contributed by atoms with van der Waals surface area (Å²) in [6.07, 6.45) is 5.83. The van der Waals surface area contributed by atoms with Gasteiger partial charge in [0.25, 0.3) is 0 Å². The Kier molecular flexibility index (Phi) is 19.1. The molecule has 1 aliphatic carbocycles. The first kappa shape index (κ1) is 54.2. The maximum atomic E-state index is 12.2. The van der Waals surface area contributed by atoms with Crippen LogP contribution < -0.4 is 124 Å². The summed E-state index contributed by atoms with van der Waals surface area (Å²) < 4.78 is 144. The van der Waals surface area contributed by atoms with Crippen molar-refractivity contribution in [3.8, 4) is 0 Å². The smallest absolute Gasteiger partial charge is 0.744 e. The van der Waals surface area contributed by atoms with Gasteiger partial charge in [0.2, 0.25) is 0 Å². The van der Waals surface area contributed by atoms with Crippen molar-refractivity contribution in [2.45, 2.75) is 26.5 Å². The van der Waals surface area contributed by atoms with E-state index in [4.69, 9.17) is 0 Å². The van der Waals surface area contributed by atoms with E-state index in [1.807, 2.05) is 0 Å². The molecule has 0 unspecified atom stereocenters. The second-order valence-electron chi connectivity index (χ2n) is 11.7. The first-order valence-electron chi connectivity index (χ1n) is 15.3. The van der Waals surface area contributed by atoms with Crippen LogP contribution in [0.2, 0.25) is 0 Å². The largest absolute Gasteiger partial charge is 1.00 e. The van der Waals surface area contributed by atoms with Gasteiger partial charge in [-0.05, 0) is 104 Å². The van der Waals surface area contributed by atoms with Crippen LogP contribution in [0.3, 0.4) is 0 Å². The number of hydrogen-bond acceptors (Lipinski definition) is 19. The minimum absolute atomic E-state index is 0. The third-order valence-corrected chi connectivity index (χ3v) is 11.3. The first-order chi connectivity index (χ1) is 26.1. The molecule has 5 aromatic carbocycles. The quantitative estimate of drug-likeness (QED) is 0.0448. The Bertz CT molecular complexity index is 3140. The molecule has 1 N–H and O–H groups in total. The van der Waals surface area contributed by atoms with Crippen LogP contribution in [0.15, 0.2) is 142 Å². The standard InChI is InChI=1S/C33H24N6O13S4.4Na/c1-18-12-20(35-34-19-2-5-22(40)6-3-19)4-9-29(18)37-39-30-10-11-31(26-15-23(53(41,42)43)7-8-25(26)30)38-36-21-13-27-28(32(14-21)55(47,48)49)16-24(54(44,45)46)17-33(27)56(50,51)52;;;;/h2-17,35H,1H3,(H,41,42,43)(H,44,45,46)(H,47,48,49)(H,50,51,52);;;;/q;4*+1/p-4. The van der Waals surface area contributed by atoms with Crippen molar-refractivity contribution in [2.24, 2.45) is 25.6 Å². The van der Waals surface area contributed by atoms with E-state index in [9.17, 15) is 56.7 Å². The van der Waals surface area contributed by atoms with Crippen molar-refractivity contribution in [3.63, 3.8) is 0 Å². The number of ketones is 1. The second-order valence-corrected chi connectivity index (χ2v) is 17.2. The van der Waals surface area contributed by atoms with Gasteiger partial charge in [-0.15, -0.1) is 10.2 Å². The maximum Gasteiger partial charge on any atom is 1.00 e. The summed E-state index contributed by atoms with van der Waals surface area (Å²) in [4.78, 5) is 6.74. The summed E-state index contributed by atoms with van der Waals surface area (Å²) in [7, 11) is -21.6. The molecule has 27 heteroatoms. The SMILES string of the molecule is Cc1cc(NN=C2C=CC(=O)C=C2)ccc1N=Nc1ccc(N=Nc2cc(S(=O)(=O)[O-])c3cc(S(=O)(=O)[O-])cc(S(=O)(=O)[O-])c3c2)c2cc(S(=O)(=O)[O-])ccc12.[Na+].[Na+].[Na+].[Na+]. The van der Waals surface area contributed by atoms with Crippen molar-refractivity contribution in [2.75, 3.05) is 5.43 Å². The van der Waals surface area contributed by atoms with Crippen molar-refractivity contribution >= 4 is 102 Å². The van der Waals surface area contributed by atoms with Gasteiger partial charge in [0.15, 0.2) is 5.78 Å². The summed E-state index contributed by atoms with van der Waals surface area (Å²) in [5, 5.41) is 19.1. The number of anilines is 1. The average molecular weight is 929 g/mol. The zero-order valence-electron chi connectivity index (χ0n) is 31.9. The van der Waals surface area contributed by atoms with Crippen LogP contribution >= 0.6 is 0 Å². The number of benzene rings is 5. The van der Waals surface area contributed by atoms with Crippen LogP contribution in [-0.2, 0) is 45.3 Å². The zero-order chi connectivity index (χ0) is 40.8. The molecule has 0 aromatic heterocycles. The molecule has 0 atom stereocenters. The Morgan fingerprint density at radius 2 is 0.983 bits per heavy atom. The van der Waals surface area contributed by atoms with Crippen LogP contribution in [0.25, 0.3) is 21.5 Å². The van der Waals surface area contributed by atoms with Gasteiger partial charge in [-0.2, -0.15) is 15.3 Å². The van der Waals surface area contributed by atoms with Crippen molar-refractivity contribution in [1.82, 2.24) is 0 Å². The van der Waals surface area contributed by atoms with E-state index < -0.39 is 76.5 Å². The number of carbonyl (C=O) groups is 1. The molecule has 0 radical (unpaired) electrons. The summed E-state index contributed by atoms with van der Waals surface area (Å²) >= 11 is 0. The Morgan fingerprint density at radius 1 is 0.483 bits per heavy atom. The van der Waals surface area contributed by atoms with E-state index in [1.165, 1.54) is 30.4 Å². The van der Waals surface area contributed by atoms with Gasteiger partial charge in [-0.25, -0.2) is 33.7 Å². The number of azo groups is 2. The molecule has 0 amide bonds. The number of rotatable bonds is 10. The van der Waals surface area contributed by atoms with Crippen LogP contribution in [0.5, 0.6) is 0 Å². The molecular formula is C33H20N6Na4O13S4. The van der Waals surface area contributed by atoms with Crippen molar-refractivity contribution < 1.29 is 175 Å². The molecule has 0 saturated carbocycles. The van der Waals surface area contributed by atoms with Crippen molar-refractivity contribution in [3.05, 3.63) is 103 Å². The molecule has 0 fully saturated rings. The molecular weight excluding hydrogens is 909 g/mol. The zero-order valence-corrected chi connectivity index (χ0v) is 43.2. The normalized spacial score (nSPS) is 13.2. The fraction of sp³-hybridized carbons (Fsp3) is 0.0303. The third-order valence-electron chi connectivity index (χ3n) is 7.90. The Hall–Kier alpha value is -1.92. The van der Waals surface area contributed by atoms with Crippen LogP contribution in [0.4, 0.5) is 28.4 Å². The van der Waals surface area contributed by atoms with Crippen LogP contribution in [0, 0.1) is 6.92 Å². The number of hydrazone groups is 1. The molecule has 0 aliphatic heterocycles. The summed E-state index contributed by atoms with van der Waals surface area (Å²) in [6, 6.07) is 12.9. The van der Waals surface area contributed by atoms with E-state index >= 15 is 0 Å². The monoisotopic (exact) mass is 928 g/mol. The number of nitrogens with zero attached hydrogens (tertiary/aromatic N) is 5. The molecule has 0 bridgehead atoms. The molecule has 19 nitrogen and oxygen atoms in total.